The van der Waals surface area contributed by atoms with Crippen LogP contribution >= 0.6 is 23.2 Å². The van der Waals surface area contributed by atoms with E-state index in [1.54, 1.807) is 12.1 Å². The van der Waals surface area contributed by atoms with Crippen LogP contribution < -0.4 is 10.5 Å². The minimum atomic E-state index is -0.0195. The van der Waals surface area contributed by atoms with Gasteiger partial charge in [0.05, 0.1) is 5.02 Å². The van der Waals surface area contributed by atoms with Gasteiger partial charge < -0.3 is 15.4 Å². The Hall–Kier alpha value is -0.970. The Morgan fingerprint density at radius 2 is 1.95 bits per heavy atom. The number of hydrogen-bond acceptors (Lipinski definition) is 3. The average Bonchev–Trinajstić information content (AvgIpc) is 2.46. The molecule has 4 nitrogen and oxygen atoms in total. The first-order chi connectivity index (χ1) is 9.61. The lowest BCUT2D eigenvalue weighted by molar-refractivity contribution is -0.134. The minimum absolute atomic E-state index is 0.0151. The van der Waals surface area contributed by atoms with Gasteiger partial charge in [0, 0.05) is 30.2 Å². The third-order valence-corrected chi connectivity index (χ3v) is 3.85. The quantitative estimate of drug-likeness (QED) is 0.929. The van der Waals surface area contributed by atoms with Crippen molar-refractivity contribution in [1.29, 1.82) is 0 Å². The molecule has 2 N–H and O–H groups in total. The van der Waals surface area contributed by atoms with E-state index >= 15 is 0 Å². The lowest BCUT2D eigenvalue weighted by atomic mass is 10.1. The molecular weight excluding hydrogens is 299 g/mol. The Balaban J connectivity index is 2.01. The van der Waals surface area contributed by atoms with Gasteiger partial charge in [-0.05, 0) is 31.4 Å². The zero-order chi connectivity index (χ0) is 14.5. The van der Waals surface area contributed by atoms with Gasteiger partial charge in [-0.2, -0.15) is 0 Å². The average molecular weight is 317 g/mol. The smallest absolute Gasteiger partial charge is 0.260 e. The van der Waals surface area contributed by atoms with E-state index < -0.39 is 0 Å². The Labute approximate surface area is 128 Å². The number of carbonyl (C=O) groups is 1. The first-order valence-corrected chi connectivity index (χ1v) is 7.46. The predicted molar refractivity (Wildman–Crippen MR) is 80.3 cm³/mol. The van der Waals surface area contributed by atoms with Crippen molar-refractivity contribution in [2.75, 3.05) is 19.7 Å². The van der Waals surface area contributed by atoms with Crippen LogP contribution in [0, 0.1) is 0 Å². The third kappa shape index (κ3) is 3.78. The number of piperidine rings is 1. The first kappa shape index (κ1) is 15.4. The second-order valence-electron chi connectivity index (χ2n) is 4.81. The summed E-state index contributed by atoms with van der Waals surface area (Å²) in [5.74, 6) is 0.433. The number of rotatable bonds is 4. The lowest BCUT2D eigenvalue weighted by Gasteiger charge is -2.26. The number of nitrogens with zero attached hydrogens (tertiary/aromatic N) is 1. The molecule has 1 fully saturated rings. The zero-order valence-electron chi connectivity index (χ0n) is 11.2. The zero-order valence-corrected chi connectivity index (χ0v) is 12.7. The maximum Gasteiger partial charge on any atom is 0.260 e. The number of likely N-dealkylation sites (tertiary alicyclic amines) is 1. The number of amides is 1. The van der Waals surface area contributed by atoms with Gasteiger partial charge in [-0.3, -0.25) is 4.79 Å². The van der Waals surface area contributed by atoms with Crippen molar-refractivity contribution in [3.63, 3.8) is 0 Å². The van der Waals surface area contributed by atoms with E-state index in [0.29, 0.717) is 21.4 Å². The summed E-state index contributed by atoms with van der Waals surface area (Å²) in [6, 6.07) is 3.29. The van der Waals surface area contributed by atoms with Gasteiger partial charge in [-0.25, -0.2) is 0 Å². The Bertz CT molecular complexity index is 488. The minimum Gasteiger partial charge on any atom is -0.482 e. The summed E-state index contributed by atoms with van der Waals surface area (Å²) in [6.45, 7) is 1.85. The molecule has 1 amide bonds. The fourth-order valence-corrected chi connectivity index (χ4v) is 2.89. The highest BCUT2D eigenvalue weighted by atomic mass is 35.5. The molecule has 20 heavy (non-hydrogen) atoms. The molecule has 0 unspecified atom stereocenters. The van der Waals surface area contributed by atoms with Crippen LogP contribution in [0.25, 0.3) is 0 Å². The summed E-state index contributed by atoms with van der Waals surface area (Å²) in [7, 11) is 0. The van der Waals surface area contributed by atoms with Gasteiger partial charge in [0.1, 0.15) is 5.75 Å². The molecule has 0 radical (unpaired) electrons. The predicted octanol–water partition coefficient (Wildman–Crippen LogP) is 2.84. The van der Waals surface area contributed by atoms with Crippen molar-refractivity contribution in [2.45, 2.75) is 25.8 Å². The molecule has 1 aliphatic heterocycles. The molecule has 1 aromatic carbocycles. The molecule has 0 atom stereocenters. The highest BCUT2D eigenvalue weighted by Gasteiger charge is 2.18. The lowest BCUT2D eigenvalue weighted by Crippen LogP contribution is -2.38. The monoisotopic (exact) mass is 316 g/mol. The number of halogens is 2. The molecule has 1 aliphatic rings. The second-order valence-corrected chi connectivity index (χ2v) is 5.65. The van der Waals surface area contributed by atoms with Gasteiger partial charge in [0.15, 0.2) is 6.61 Å². The van der Waals surface area contributed by atoms with Gasteiger partial charge in [-0.15, -0.1) is 0 Å². The largest absolute Gasteiger partial charge is 0.482 e. The van der Waals surface area contributed by atoms with Crippen molar-refractivity contribution in [1.82, 2.24) is 4.90 Å². The van der Waals surface area contributed by atoms with E-state index in [1.807, 2.05) is 4.90 Å². The van der Waals surface area contributed by atoms with Crippen LogP contribution in [0.1, 0.15) is 24.8 Å². The van der Waals surface area contributed by atoms with E-state index in [-0.39, 0.29) is 19.1 Å². The molecule has 1 heterocycles. The normalized spacial score (nSPS) is 15.2. The van der Waals surface area contributed by atoms with Gasteiger partial charge in [-0.1, -0.05) is 23.2 Å². The molecule has 0 bridgehead atoms. The first-order valence-electron chi connectivity index (χ1n) is 6.70. The van der Waals surface area contributed by atoms with Crippen LogP contribution in [-0.2, 0) is 11.3 Å². The van der Waals surface area contributed by atoms with Crippen molar-refractivity contribution in [3.05, 3.63) is 27.7 Å². The molecule has 2 rings (SSSR count). The molecule has 0 spiro atoms. The van der Waals surface area contributed by atoms with Gasteiger partial charge >= 0.3 is 0 Å². The van der Waals surface area contributed by atoms with Crippen molar-refractivity contribution in [2.24, 2.45) is 5.73 Å². The molecule has 110 valence electrons. The van der Waals surface area contributed by atoms with Crippen molar-refractivity contribution < 1.29 is 9.53 Å². The molecule has 0 saturated carbocycles. The van der Waals surface area contributed by atoms with Crippen LogP contribution in [0.3, 0.4) is 0 Å². The van der Waals surface area contributed by atoms with E-state index in [2.05, 4.69) is 0 Å². The van der Waals surface area contributed by atoms with Crippen LogP contribution in [-0.4, -0.2) is 30.5 Å². The molecule has 0 aromatic heterocycles. The SMILES string of the molecule is NCc1cc(Cl)cc(Cl)c1OCC(=O)N1CCCCC1. The van der Waals surface area contributed by atoms with Gasteiger partial charge in [0.2, 0.25) is 0 Å². The highest BCUT2D eigenvalue weighted by Crippen LogP contribution is 2.32. The fraction of sp³-hybridized carbons (Fsp3) is 0.500. The second kappa shape index (κ2) is 7.16. The van der Waals surface area contributed by atoms with Crippen LogP contribution in [0.2, 0.25) is 10.0 Å². The fourth-order valence-electron chi connectivity index (χ4n) is 2.30. The molecular formula is C14H18Cl2N2O2. The van der Waals surface area contributed by atoms with Gasteiger partial charge in [0.25, 0.3) is 5.91 Å². The Morgan fingerprint density at radius 3 is 2.60 bits per heavy atom. The Kier molecular flexibility index (Phi) is 5.52. The summed E-state index contributed by atoms with van der Waals surface area (Å²) in [5.41, 5.74) is 6.35. The summed E-state index contributed by atoms with van der Waals surface area (Å²) < 4.78 is 5.57. The van der Waals surface area contributed by atoms with E-state index in [4.69, 9.17) is 33.7 Å². The van der Waals surface area contributed by atoms with Crippen LogP contribution in [0.15, 0.2) is 12.1 Å². The maximum atomic E-state index is 12.0. The molecule has 0 aliphatic carbocycles. The standard InChI is InChI=1S/C14H18Cl2N2O2/c15-11-6-10(8-17)14(12(16)7-11)20-9-13(19)18-4-2-1-3-5-18/h6-7H,1-5,8-9,17H2. The molecule has 1 aromatic rings. The number of ether oxygens (including phenoxy) is 1. The summed E-state index contributed by atoms with van der Waals surface area (Å²) >= 11 is 12.0. The van der Waals surface area contributed by atoms with Crippen LogP contribution in [0.4, 0.5) is 0 Å². The molecule has 1 saturated heterocycles. The third-order valence-electron chi connectivity index (χ3n) is 3.35. The summed E-state index contributed by atoms with van der Waals surface area (Å²) in [6.07, 6.45) is 3.30. The number of carbonyl (C=O) groups excluding carboxylic acids is 1. The number of nitrogens with two attached hydrogens (primary N) is 1. The van der Waals surface area contributed by atoms with Crippen molar-refractivity contribution >= 4 is 29.1 Å². The number of benzene rings is 1. The summed E-state index contributed by atoms with van der Waals surface area (Å²) in [5, 5.41) is 0.884. The highest BCUT2D eigenvalue weighted by molar-refractivity contribution is 6.35. The maximum absolute atomic E-state index is 12.0. The Morgan fingerprint density at radius 1 is 1.25 bits per heavy atom. The van der Waals surface area contributed by atoms with Crippen LogP contribution in [0.5, 0.6) is 5.75 Å². The molecule has 6 heteroatoms. The van der Waals surface area contributed by atoms with E-state index in [9.17, 15) is 4.79 Å². The topological polar surface area (TPSA) is 55.6 Å². The summed E-state index contributed by atoms with van der Waals surface area (Å²) in [4.78, 5) is 13.9. The van der Waals surface area contributed by atoms with E-state index in [1.165, 1.54) is 6.42 Å². The number of hydrogen-bond donors (Lipinski definition) is 1. The van der Waals surface area contributed by atoms with Crippen molar-refractivity contribution in [3.8, 4) is 5.75 Å². The van der Waals surface area contributed by atoms with E-state index in [0.717, 1.165) is 25.9 Å².